The smallest absolute Gasteiger partial charge is 0.255 e. The summed E-state index contributed by atoms with van der Waals surface area (Å²) >= 11 is 0. The lowest BCUT2D eigenvalue weighted by atomic mass is 9.83. The van der Waals surface area contributed by atoms with Crippen LogP contribution in [-0.4, -0.2) is 80.9 Å². The fraction of sp³-hybridized carbons (Fsp3) is 0.486. The molecule has 0 bridgehead atoms. The van der Waals surface area contributed by atoms with E-state index in [4.69, 9.17) is 0 Å². The van der Waals surface area contributed by atoms with Crippen LogP contribution in [0.2, 0.25) is 0 Å². The molecule has 0 aliphatic carbocycles. The first-order chi connectivity index (χ1) is 23.1. The third-order valence-corrected chi connectivity index (χ3v) is 10.6. The van der Waals surface area contributed by atoms with Gasteiger partial charge < -0.3 is 20.2 Å². The number of benzene rings is 2. The molecule has 2 aromatic carbocycles. The Hall–Kier alpha value is -4.35. The Morgan fingerprint density at radius 1 is 0.958 bits per heavy atom. The normalized spacial score (nSPS) is 21.8. The fourth-order valence-electron chi connectivity index (χ4n) is 7.51. The second kappa shape index (κ2) is 13.3. The number of hydrogen-bond donors (Lipinski definition) is 3. The number of fused-ring (bicyclic) bond motifs is 1. The third kappa shape index (κ3) is 6.66. The number of hydrogen-bond acceptors (Lipinski definition) is 9. The molecular weight excluding hydrogens is 606 g/mol. The molecule has 0 spiro atoms. The van der Waals surface area contributed by atoms with Crippen LogP contribution < -0.4 is 15.5 Å². The maximum Gasteiger partial charge on any atom is 0.255 e. The highest BCUT2D eigenvalue weighted by atomic mass is 16.3. The molecule has 0 saturated carbocycles. The van der Waals surface area contributed by atoms with E-state index in [1.54, 1.807) is 11.0 Å². The first-order valence-corrected chi connectivity index (χ1v) is 17.3. The van der Waals surface area contributed by atoms with Crippen LogP contribution in [0.25, 0.3) is 0 Å². The Morgan fingerprint density at radius 2 is 1.71 bits per heavy atom. The van der Waals surface area contributed by atoms with Gasteiger partial charge in [0.05, 0.1) is 23.7 Å². The minimum absolute atomic E-state index is 0.195. The molecular formula is C37H45N7O4. The lowest BCUT2D eigenvalue weighted by Crippen LogP contribution is -2.52. The van der Waals surface area contributed by atoms with Crippen molar-refractivity contribution in [1.82, 2.24) is 25.1 Å². The van der Waals surface area contributed by atoms with Crippen LogP contribution in [0.5, 0.6) is 0 Å². The Morgan fingerprint density at radius 3 is 2.38 bits per heavy atom. The fourth-order valence-corrected chi connectivity index (χ4v) is 7.51. The van der Waals surface area contributed by atoms with Crippen LogP contribution >= 0.6 is 0 Å². The lowest BCUT2D eigenvalue weighted by molar-refractivity contribution is -0.136. The van der Waals surface area contributed by atoms with Gasteiger partial charge in [-0.25, -0.2) is 4.98 Å². The van der Waals surface area contributed by atoms with Gasteiger partial charge in [0.1, 0.15) is 11.9 Å². The van der Waals surface area contributed by atoms with E-state index in [-0.39, 0.29) is 18.2 Å². The van der Waals surface area contributed by atoms with Gasteiger partial charge in [-0.05, 0) is 72.9 Å². The van der Waals surface area contributed by atoms with Crippen molar-refractivity contribution in [3.63, 3.8) is 0 Å². The van der Waals surface area contributed by atoms with Crippen LogP contribution in [0.15, 0.2) is 54.9 Å². The summed E-state index contributed by atoms with van der Waals surface area (Å²) in [4.78, 5) is 52.6. The van der Waals surface area contributed by atoms with Crippen LogP contribution in [-0.2, 0) is 28.3 Å². The molecule has 3 N–H and O–H groups in total. The van der Waals surface area contributed by atoms with Gasteiger partial charge in [0.25, 0.3) is 5.91 Å². The van der Waals surface area contributed by atoms with Crippen molar-refractivity contribution in [2.24, 2.45) is 0 Å². The molecule has 3 amide bonds. The molecule has 11 nitrogen and oxygen atoms in total. The number of aromatic nitrogens is 2. The van der Waals surface area contributed by atoms with Gasteiger partial charge in [-0.1, -0.05) is 38.1 Å². The van der Waals surface area contributed by atoms with Crippen molar-refractivity contribution >= 4 is 29.2 Å². The van der Waals surface area contributed by atoms with E-state index in [1.807, 2.05) is 24.5 Å². The summed E-state index contributed by atoms with van der Waals surface area (Å²) in [5.41, 5.74) is 4.76. The number of nitrogens with one attached hydrogen (secondary N) is 2. The number of nitrogens with zero attached hydrogens (tertiary/aromatic N) is 5. The molecule has 4 aliphatic rings. The number of imide groups is 1. The van der Waals surface area contributed by atoms with Crippen molar-refractivity contribution in [3.8, 4) is 0 Å². The highest BCUT2D eigenvalue weighted by molar-refractivity contribution is 6.05. The molecule has 1 unspecified atom stereocenters. The lowest BCUT2D eigenvalue weighted by Gasteiger charge is -2.39. The molecule has 11 heteroatoms. The topological polar surface area (TPSA) is 131 Å². The van der Waals surface area contributed by atoms with Crippen molar-refractivity contribution < 1.29 is 19.5 Å². The summed E-state index contributed by atoms with van der Waals surface area (Å²) in [6, 6.07) is 14.2. The van der Waals surface area contributed by atoms with Crippen LogP contribution in [0, 0.1) is 0 Å². The van der Waals surface area contributed by atoms with Gasteiger partial charge in [-0.3, -0.25) is 29.6 Å². The van der Waals surface area contributed by atoms with Crippen molar-refractivity contribution in [2.75, 3.05) is 36.4 Å². The van der Waals surface area contributed by atoms with Gasteiger partial charge in [0.15, 0.2) is 0 Å². The molecule has 252 valence electrons. The van der Waals surface area contributed by atoms with E-state index in [0.29, 0.717) is 43.3 Å². The Labute approximate surface area is 281 Å². The number of rotatable bonds is 8. The van der Waals surface area contributed by atoms with E-state index in [1.165, 1.54) is 11.3 Å². The average molecular weight is 652 g/mol. The molecule has 48 heavy (non-hydrogen) atoms. The molecule has 1 aromatic heterocycles. The summed E-state index contributed by atoms with van der Waals surface area (Å²) in [7, 11) is 0. The van der Waals surface area contributed by atoms with Crippen molar-refractivity contribution in [1.29, 1.82) is 0 Å². The summed E-state index contributed by atoms with van der Waals surface area (Å²) in [6.07, 6.45) is 7.57. The predicted octanol–water partition coefficient (Wildman–Crippen LogP) is 3.93. The predicted molar refractivity (Wildman–Crippen MR) is 182 cm³/mol. The SMILES string of the molecule is CC(C)c1cnc(NC2CCN(c3ccc(CN4CCC(O)(c5ccc6c(c5)CN(C5CCC(=O)NC5=O)C6=O)CC4)cc3)CC2)cn1. The standard InChI is InChI=1S/C37H45N7O4/c1-24(2)31-20-39-33(21-38-31)40-28-11-15-43(16-12-28)29-6-3-25(4-7-29)22-42-17-13-37(48,14-18-42)27-5-8-30-26(19-27)23-44(36(30)47)32-9-10-34(45)41-35(32)46/h3-8,19-21,24,28,32,48H,9-18,22-23H2,1-2H3,(H,39,40)(H,41,45,46). The second-order valence-corrected chi connectivity index (χ2v) is 14.1. The average Bonchev–Trinajstić information content (AvgIpc) is 3.42. The molecule has 3 saturated heterocycles. The maximum atomic E-state index is 13.1. The zero-order valence-electron chi connectivity index (χ0n) is 27.8. The van der Waals surface area contributed by atoms with E-state index in [0.717, 1.165) is 68.2 Å². The minimum Gasteiger partial charge on any atom is -0.385 e. The van der Waals surface area contributed by atoms with Gasteiger partial charge >= 0.3 is 0 Å². The summed E-state index contributed by atoms with van der Waals surface area (Å²) in [5.74, 6) is 0.315. The highest BCUT2D eigenvalue weighted by Crippen LogP contribution is 2.37. The minimum atomic E-state index is -0.967. The van der Waals surface area contributed by atoms with Crippen LogP contribution in [0.4, 0.5) is 11.5 Å². The third-order valence-electron chi connectivity index (χ3n) is 10.6. The number of carbonyl (C=O) groups is 3. The van der Waals surface area contributed by atoms with E-state index >= 15 is 0 Å². The number of anilines is 2. The second-order valence-electron chi connectivity index (χ2n) is 14.1. The first-order valence-electron chi connectivity index (χ1n) is 17.3. The van der Waals surface area contributed by atoms with Crippen LogP contribution in [0.1, 0.15) is 91.0 Å². The summed E-state index contributed by atoms with van der Waals surface area (Å²) in [6.45, 7) is 8.90. The highest BCUT2D eigenvalue weighted by Gasteiger charge is 2.41. The summed E-state index contributed by atoms with van der Waals surface area (Å²) < 4.78 is 0. The monoisotopic (exact) mass is 651 g/mol. The largest absolute Gasteiger partial charge is 0.385 e. The molecule has 4 aliphatic heterocycles. The molecule has 3 fully saturated rings. The van der Waals surface area contributed by atoms with Crippen LogP contribution in [0.3, 0.4) is 0 Å². The Balaban J connectivity index is 0.890. The van der Waals surface area contributed by atoms with E-state index < -0.39 is 17.6 Å². The number of likely N-dealkylation sites (tertiary alicyclic amines) is 1. The van der Waals surface area contributed by atoms with Gasteiger partial charge in [-0.2, -0.15) is 0 Å². The molecule has 1 atom stereocenters. The Bertz CT molecular complexity index is 1660. The number of carbonyl (C=O) groups excluding carboxylic acids is 3. The maximum absolute atomic E-state index is 13.1. The number of piperidine rings is 3. The Kier molecular flexibility index (Phi) is 8.91. The molecule has 3 aromatic rings. The molecule has 0 radical (unpaired) electrons. The van der Waals surface area contributed by atoms with Gasteiger partial charge in [0, 0.05) is 63.0 Å². The van der Waals surface area contributed by atoms with Crippen molar-refractivity contribution in [2.45, 2.75) is 89.1 Å². The first kappa shape index (κ1) is 32.2. The van der Waals surface area contributed by atoms with Gasteiger partial charge in [0.2, 0.25) is 11.8 Å². The number of aliphatic hydroxyl groups is 1. The number of amides is 3. The van der Waals surface area contributed by atoms with Gasteiger partial charge in [-0.15, -0.1) is 0 Å². The zero-order valence-corrected chi connectivity index (χ0v) is 27.8. The quantitative estimate of drug-likeness (QED) is 0.310. The zero-order chi connectivity index (χ0) is 33.4. The molecule has 7 rings (SSSR count). The molecule has 5 heterocycles. The van der Waals surface area contributed by atoms with E-state index in [2.05, 4.69) is 68.5 Å². The summed E-state index contributed by atoms with van der Waals surface area (Å²) in [5, 5.41) is 17.6. The van der Waals surface area contributed by atoms with Crippen molar-refractivity contribution in [3.05, 3.63) is 82.8 Å². The van der Waals surface area contributed by atoms with E-state index in [9.17, 15) is 19.5 Å².